The minimum Gasteiger partial charge on any atom is -0.461 e. The number of aromatic nitrogens is 2. The van der Waals surface area contributed by atoms with Crippen LogP contribution in [-0.2, 0) is 9.47 Å². The van der Waals surface area contributed by atoms with Gasteiger partial charge < -0.3 is 18.3 Å². The van der Waals surface area contributed by atoms with Crippen molar-refractivity contribution in [1.29, 1.82) is 0 Å². The largest absolute Gasteiger partial charge is 0.461 e. The van der Waals surface area contributed by atoms with E-state index >= 15 is 0 Å². The summed E-state index contributed by atoms with van der Waals surface area (Å²) in [5.74, 6) is 0.990. The molecule has 0 saturated heterocycles. The molecule has 4 rings (SSSR count). The number of nitrogens with zero attached hydrogens (tertiary/aromatic N) is 2. The van der Waals surface area contributed by atoms with E-state index in [2.05, 4.69) is 39.8 Å². The summed E-state index contributed by atoms with van der Waals surface area (Å²) in [6.07, 6.45) is 3.89. The minimum atomic E-state index is -0.323. The molecule has 0 saturated carbocycles. The summed E-state index contributed by atoms with van der Waals surface area (Å²) in [6.45, 7) is 12.6. The lowest BCUT2D eigenvalue weighted by Gasteiger charge is -2.07. The average molecular weight is 589 g/mol. The molecule has 0 fully saturated rings. The van der Waals surface area contributed by atoms with Crippen molar-refractivity contribution in [2.75, 3.05) is 24.7 Å². The summed E-state index contributed by atoms with van der Waals surface area (Å²) in [5.41, 5.74) is 5.28. The summed E-state index contributed by atoms with van der Waals surface area (Å²) in [7, 11) is 3.24. The molecule has 0 spiro atoms. The van der Waals surface area contributed by atoms with Gasteiger partial charge in [-0.05, 0) is 96.2 Å². The molecule has 0 amide bonds. The summed E-state index contributed by atoms with van der Waals surface area (Å²) in [5, 5.41) is 0. The number of fused-ring (bicyclic) bond motifs is 2. The van der Waals surface area contributed by atoms with Crippen LogP contribution in [0.4, 0.5) is 0 Å². The normalized spacial score (nSPS) is 11.4. The van der Waals surface area contributed by atoms with Gasteiger partial charge in [0, 0.05) is 12.4 Å². The molecule has 10 heteroatoms. The fraction of sp³-hybridized carbons (Fsp3) is 0.357. The first-order chi connectivity index (χ1) is 18.4. The van der Waals surface area contributed by atoms with Crippen LogP contribution in [0.15, 0.2) is 56.2 Å². The molecule has 0 aromatic carbocycles. The van der Waals surface area contributed by atoms with Crippen molar-refractivity contribution < 1.29 is 19.1 Å². The molecule has 0 unspecified atom stereocenters. The van der Waals surface area contributed by atoms with E-state index in [4.69, 9.17) is 9.47 Å². The number of carbonyl (C=O) groups excluding carboxylic acids is 2. The molecule has 6 nitrogen and oxygen atoms in total. The number of carbonyl (C=O) groups is 2. The van der Waals surface area contributed by atoms with Gasteiger partial charge in [-0.3, -0.25) is 0 Å². The van der Waals surface area contributed by atoms with E-state index in [1.54, 1.807) is 45.1 Å². The van der Waals surface area contributed by atoms with Crippen LogP contribution in [0, 0.1) is 13.8 Å². The summed E-state index contributed by atoms with van der Waals surface area (Å²) >= 11 is 3.29. The molecule has 0 aliphatic heterocycles. The highest BCUT2D eigenvalue weighted by atomic mass is 33.1. The maximum absolute atomic E-state index is 13.1. The van der Waals surface area contributed by atoms with E-state index in [0.29, 0.717) is 24.6 Å². The second kappa shape index (κ2) is 12.8. The van der Waals surface area contributed by atoms with Crippen molar-refractivity contribution in [2.45, 2.75) is 61.1 Å². The Balaban J connectivity index is 1.89. The van der Waals surface area contributed by atoms with Crippen LogP contribution in [0.3, 0.4) is 0 Å². The van der Waals surface area contributed by atoms with Crippen molar-refractivity contribution in [3.63, 3.8) is 0 Å². The molecule has 0 radical (unpaired) electrons. The Morgan fingerprint density at radius 3 is 1.42 bits per heavy atom. The minimum absolute atomic E-state index is 0.315. The van der Waals surface area contributed by atoms with E-state index in [9.17, 15) is 9.59 Å². The Labute approximate surface area is 240 Å². The molecule has 0 aliphatic rings. The van der Waals surface area contributed by atoms with Crippen LogP contribution >= 0.6 is 45.1 Å². The number of rotatable bonds is 11. The van der Waals surface area contributed by atoms with Crippen molar-refractivity contribution >= 4 is 68.1 Å². The fourth-order valence-corrected chi connectivity index (χ4v) is 9.31. The molecule has 38 heavy (non-hydrogen) atoms. The third-order valence-electron chi connectivity index (χ3n) is 5.73. The van der Waals surface area contributed by atoms with Gasteiger partial charge in [-0.25, -0.2) is 9.59 Å². The van der Waals surface area contributed by atoms with E-state index < -0.39 is 0 Å². The Bertz CT molecular complexity index is 1380. The molecule has 4 aromatic rings. The van der Waals surface area contributed by atoms with Gasteiger partial charge in [0.25, 0.3) is 0 Å². The first kappa shape index (κ1) is 28.9. The Morgan fingerprint density at radius 2 is 1.08 bits per heavy atom. The van der Waals surface area contributed by atoms with Crippen LogP contribution in [0.5, 0.6) is 0 Å². The van der Waals surface area contributed by atoms with Gasteiger partial charge in [-0.15, -0.1) is 23.5 Å². The van der Waals surface area contributed by atoms with Crippen molar-refractivity contribution in [3.05, 3.63) is 59.2 Å². The van der Waals surface area contributed by atoms with Gasteiger partial charge >= 0.3 is 11.9 Å². The number of pyridine rings is 2. The van der Waals surface area contributed by atoms with Crippen molar-refractivity contribution in [2.24, 2.45) is 0 Å². The standard InChI is InChI=1S/C28H32N2O4S4/c1-7-33-27(31)21-25(35-9-3)23(19-15-17(5)11-13-29(19)21)37-38-24-20-16-18(6)12-14-30(20)22(26(24)36-10-4)28(32)34-8-2/h11-16H,7-10H2,1-6H3. The highest BCUT2D eigenvalue weighted by Gasteiger charge is 2.28. The predicted octanol–water partition coefficient (Wildman–Crippen LogP) is 8.19. The molecule has 0 bridgehead atoms. The van der Waals surface area contributed by atoms with Crippen LogP contribution in [0.25, 0.3) is 11.0 Å². The monoisotopic (exact) mass is 588 g/mol. The average Bonchev–Trinajstić information content (AvgIpc) is 3.34. The van der Waals surface area contributed by atoms with Crippen LogP contribution in [0.2, 0.25) is 0 Å². The summed E-state index contributed by atoms with van der Waals surface area (Å²) < 4.78 is 14.8. The number of ether oxygens (including phenoxy) is 2. The second-order valence-corrected chi connectivity index (χ2v) is 13.1. The molecular weight excluding hydrogens is 557 g/mol. The fourth-order valence-electron chi connectivity index (χ4n) is 4.20. The van der Waals surface area contributed by atoms with E-state index in [-0.39, 0.29) is 11.9 Å². The maximum Gasteiger partial charge on any atom is 0.356 e. The summed E-state index contributed by atoms with van der Waals surface area (Å²) in [4.78, 5) is 30.1. The number of aryl methyl sites for hydroxylation is 2. The van der Waals surface area contributed by atoms with Crippen LogP contribution < -0.4 is 0 Å². The van der Waals surface area contributed by atoms with Gasteiger partial charge in [-0.1, -0.05) is 13.8 Å². The van der Waals surface area contributed by atoms with E-state index in [0.717, 1.165) is 53.2 Å². The van der Waals surface area contributed by atoms with Gasteiger partial charge in [0.1, 0.15) is 11.4 Å². The molecule has 0 atom stereocenters. The number of hydrogen-bond donors (Lipinski definition) is 0. The SMILES string of the molecule is CCOC(=O)c1c(SCC)c(SSc2c(SCC)c(C(=O)OCC)n3ccc(C)cc23)c2cc(C)ccn12. The van der Waals surface area contributed by atoms with Gasteiger partial charge in [0.2, 0.25) is 0 Å². The lowest BCUT2D eigenvalue weighted by atomic mass is 10.3. The third kappa shape index (κ3) is 5.59. The van der Waals surface area contributed by atoms with Crippen molar-refractivity contribution in [3.8, 4) is 0 Å². The molecule has 4 aromatic heterocycles. The Hall–Kier alpha value is -2.14. The van der Waals surface area contributed by atoms with Crippen LogP contribution in [-0.4, -0.2) is 45.5 Å². The van der Waals surface area contributed by atoms with Gasteiger partial charge in [0.15, 0.2) is 0 Å². The third-order valence-corrected chi connectivity index (χ3v) is 10.4. The molecule has 4 heterocycles. The maximum atomic E-state index is 13.1. The zero-order valence-electron chi connectivity index (χ0n) is 22.5. The first-order valence-corrected chi connectivity index (χ1v) is 16.7. The summed E-state index contributed by atoms with van der Waals surface area (Å²) in [6, 6.07) is 8.23. The second-order valence-electron chi connectivity index (χ2n) is 8.41. The number of thioether (sulfide) groups is 2. The van der Waals surface area contributed by atoms with E-state index in [1.165, 1.54) is 0 Å². The zero-order chi connectivity index (χ0) is 27.4. The van der Waals surface area contributed by atoms with Crippen molar-refractivity contribution in [1.82, 2.24) is 8.80 Å². The quantitative estimate of drug-likeness (QED) is 0.0987. The smallest absolute Gasteiger partial charge is 0.356 e. The zero-order valence-corrected chi connectivity index (χ0v) is 25.7. The lowest BCUT2D eigenvalue weighted by Crippen LogP contribution is -2.09. The molecule has 202 valence electrons. The lowest BCUT2D eigenvalue weighted by molar-refractivity contribution is 0.0504. The predicted molar refractivity (Wildman–Crippen MR) is 161 cm³/mol. The Morgan fingerprint density at radius 1 is 0.684 bits per heavy atom. The van der Waals surface area contributed by atoms with Crippen LogP contribution in [0.1, 0.15) is 59.8 Å². The number of hydrogen-bond acceptors (Lipinski definition) is 8. The highest BCUT2D eigenvalue weighted by molar-refractivity contribution is 8.76. The Kier molecular flexibility index (Phi) is 9.73. The molecular formula is C28H32N2O4S4. The molecule has 0 N–H and O–H groups in total. The first-order valence-electron chi connectivity index (χ1n) is 12.6. The van der Waals surface area contributed by atoms with E-state index in [1.807, 2.05) is 47.2 Å². The number of esters is 2. The van der Waals surface area contributed by atoms with Gasteiger partial charge in [0.05, 0.1) is 43.8 Å². The molecule has 0 aliphatic carbocycles. The highest BCUT2D eigenvalue weighted by Crippen LogP contribution is 2.51. The topological polar surface area (TPSA) is 61.4 Å². The van der Waals surface area contributed by atoms with Gasteiger partial charge in [-0.2, -0.15) is 0 Å².